The van der Waals surface area contributed by atoms with E-state index in [-0.39, 0.29) is 29.7 Å². The van der Waals surface area contributed by atoms with Crippen LogP contribution < -0.4 is 10.1 Å². The molecule has 1 aliphatic rings. The summed E-state index contributed by atoms with van der Waals surface area (Å²) in [7, 11) is -1.37. The van der Waals surface area contributed by atoms with Gasteiger partial charge in [-0.3, -0.25) is 4.99 Å². The molecule has 1 heterocycles. The molecule has 29 heavy (non-hydrogen) atoms. The Morgan fingerprint density at radius 1 is 1.38 bits per heavy atom. The van der Waals surface area contributed by atoms with Crippen molar-refractivity contribution >= 4 is 51.5 Å². The van der Waals surface area contributed by atoms with E-state index in [1.165, 1.54) is 0 Å². The molecular formula is C20H34IN3O3S2. The fraction of sp³-hybridized carbons (Fsp3) is 0.650. The summed E-state index contributed by atoms with van der Waals surface area (Å²) in [5, 5.41) is 3.32. The van der Waals surface area contributed by atoms with Crippen LogP contribution in [0.25, 0.3) is 0 Å². The second-order valence-corrected chi connectivity index (χ2v) is 11.6. The zero-order valence-corrected chi connectivity index (χ0v) is 21.9. The number of methoxy groups -OCH3 is 1. The second-order valence-electron chi connectivity index (χ2n) is 7.76. The molecule has 1 fully saturated rings. The standard InChI is InChI=1S/C20H33N3O3S2.HI/c1-6-21-19(23-11-12-28(24,25)20(3,4)15-23)22-13-16(2)14-27-18-10-8-7-9-17(18)26-5;/h7-10,16H,6,11-15H2,1-5H3,(H,21,22);1H. The minimum Gasteiger partial charge on any atom is -0.496 e. The Morgan fingerprint density at radius 2 is 2.07 bits per heavy atom. The van der Waals surface area contributed by atoms with E-state index in [1.807, 2.05) is 25.1 Å². The Morgan fingerprint density at radius 3 is 2.69 bits per heavy atom. The number of nitrogens with one attached hydrogen (secondary N) is 1. The summed E-state index contributed by atoms with van der Waals surface area (Å²) in [4.78, 5) is 8.01. The number of para-hydroxylation sites is 1. The summed E-state index contributed by atoms with van der Waals surface area (Å²) in [5.41, 5.74) is 0. The molecule has 0 spiro atoms. The van der Waals surface area contributed by atoms with E-state index in [4.69, 9.17) is 9.73 Å². The number of rotatable bonds is 7. The summed E-state index contributed by atoms with van der Waals surface area (Å²) >= 11 is 1.77. The molecular weight excluding hydrogens is 521 g/mol. The molecule has 6 nitrogen and oxygen atoms in total. The Hall–Kier alpha value is -0.680. The molecule has 0 aliphatic carbocycles. The van der Waals surface area contributed by atoms with Gasteiger partial charge in [0.1, 0.15) is 5.75 Å². The van der Waals surface area contributed by atoms with Crippen molar-refractivity contribution in [1.29, 1.82) is 0 Å². The predicted octanol–water partition coefficient (Wildman–Crippen LogP) is 3.52. The second kappa shape index (κ2) is 11.6. The summed E-state index contributed by atoms with van der Waals surface area (Å²) in [6.45, 7) is 10.2. The highest BCUT2D eigenvalue weighted by Gasteiger charge is 2.40. The van der Waals surface area contributed by atoms with Crippen LogP contribution in [-0.2, 0) is 9.84 Å². The Bertz CT molecular complexity index is 785. The largest absolute Gasteiger partial charge is 0.496 e. The van der Waals surface area contributed by atoms with Gasteiger partial charge in [0.05, 0.1) is 17.6 Å². The van der Waals surface area contributed by atoms with Gasteiger partial charge in [0.15, 0.2) is 15.8 Å². The minimum absolute atomic E-state index is 0. The predicted molar refractivity (Wildman–Crippen MR) is 134 cm³/mol. The quantitative estimate of drug-likeness (QED) is 0.240. The van der Waals surface area contributed by atoms with Crippen molar-refractivity contribution in [3.05, 3.63) is 24.3 Å². The number of hydrogen-bond acceptors (Lipinski definition) is 5. The summed E-state index contributed by atoms with van der Waals surface area (Å²) in [6.07, 6.45) is 0. The Kier molecular flexibility index (Phi) is 10.6. The lowest BCUT2D eigenvalue weighted by Crippen LogP contribution is -2.57. The van der Waals surface area contributed by atoms with Crippen LogP contribution >= 0.6 is 35.7 Å². The van der Waals surface area contributed by atoms with E-state index in [9.17, 15) is 8.42 Å². The number of ether oxygens (including phenoxy) is 1. The van der Waals surface area contributed by atoms with Crippen molar-refractivity contribution in [3.8, 4) is 5.75 Å². The fourth-order valence-corrected chi connectivity index (χ4v) is 5.42. The van der Waals surface area contributed by atoms with E-state index in [1.54, 1.807) is 32.7 Å². The zero-order valence-electron chi connectivity index (χ0n) is 18.0. The van der Waals surface area contributed by atoms with E-state index < -0.39 is 14.6 Å². The molecule has 0 amide bonds. The molecule has 1 aromatic rings. The van der Waals surface area contributed by atoms with E-state index in [0.29, 0.717) is 25.6 Å². The van der Waals surface area contributed by atoms with Gasteiger partial charge in [-0.1, -0.05) is 19.1 Å². The number of nitrogens with zero attached hydrogens (tertiary/aromatic N) is 2. The van der Waals surface area contributed by atoms with Gasteiger partial charge in [0.2, 0.25) is 0 Å². The maximum absolute atomic E-state index is 12.3. The first-order valence-electron chi connectivity index (χ1n) is 9.71. The Labute approximate surface area is 197 Å². The van der Waals surface area contributed by atoms with E-state index >= 15 is 0 Å². The van der Waals surface area contributed by atoms with Crippen LogP contribution in [0, 0.1) is 5.92 Å². The van der Waals surface area contributed by atoms with Crippen LogP contribution in [0.1, 0.15) is 27.7 Å². The van der Waals surface area contributed by atoms with Gasteiger partial charge in [-0.25, -0.2) is 8.42 Å². The number of hydrogen-bond donors (Lipinski definition) is 1. The first kappa shape index (κ1) is 26.4. The number of guanidine groups is 1. The summed E-state index contributed by atoms with van der Waals surface area (Å²) < 4.78 is 29.2. The lowest BCUT2D eigenvalue weighted by molar-refractivity contribution is 0.352. The maximum Gasteiger partial charge on any atom is 0.194 e. The molecule has 1 unspecified atom stereocenters. The van der Waals surface area contributed by atoms with Crippen molar-refractivity contribution in [2.75, 3.05) is 44.8 Å². The third kappa shape index (κ3) is 7.20. The van der Waals surface area contributed by atoms with E-state index in [2.05, 4.69) is 23.2 Å². The van der Waals surface area contributed by atoms with Crippen LogP contribution in [-0.4, -0.2) is 68.8 Å². The number of benzene rings is 1. The average Bonchev–Trinajstić information content (AvgIpc) is 2.66. The molecule has 1 saturated heterocycles. The zero-order chi connectivity index (χ0) is 20.8. The van der Waals surface area contributed by atoms with Gasteiger partial charge < -0.3 is 15.0 Å². The van der Waals surface area contributed by atoms with Crippen molar-refractivity contribution in [1.82, 2.24) is 10.2 Å². The van der Waals surface area contributed by atoms with Crippen molar-refractivity contribution in [3.63, 3.8) is 0 Å². The van der Waals surface area contributed by atoms with Crippen molar-refractivity contribution in [2.24, 2.45) is 10.9 Å². The average molecular weight is 556 g/mol. The van der Waals surface area contributed by atoms with Gasteiger partial charge in [0.25, 0.3) is 0 Å². The smallest absolute Gasteiger partial charge is 0.194 e. The molecule has 0 saturated carbocycles. The summed E-state index contributed by atoms with van der Waals surface area (Å²) in [6, 6.07) is 8.03. The highest BCUT2D eigenvalue weighted by molar-refractivity contribution is 14.0. The number of aliphatic imine (C=N–C) groups is 1. The van der Waals surface area contributed by atoms with Crippen molar-refractivity contribution < 1.29 is 13.2 Å². The SMILES string of the molecule is CCNC(=NCC(C)CSc1ccccc1OC)N1CCS(=O)(=O)C(C)(C)C1.I. The molecule has 166 valence electrons. The third-order valence-corrected chi connectivity index (χ3v) is 8.74. The fourth-order valence-electron chi connectivity index (χ4n) is 3.02. The van der Waals surface area contributed by atoms with Crippen LogP contribution in [0.4, 0.5) is 0 Å². The first-order valence-corrected chi connectivity index (χ1v) is 12.4. The molecule has 1 aliphatic heterocycles. The maximum atomic E-state index is 12.3. The monoisotopic (exact) mass is 555 g/mol. The molecule has 0 radical (unpaired) electrons. The van der Waals surface area contributed by atoms with E-state index in [0.717, 1.165) is 28.9 Å². The van der Waals surface area contributed by atoms with Gasteiger partial charge in [-0.2, -0.15) is 0 Å². The molecule has 1 N–H and O–H groups in total. The topological polar surface area (TPSA) is 71.0 Å². The van der Waals surface area contributed by atoms with Gasteiger partial charge >= 0.3 is 0 Å². The molecule has 0 bridgehead atoms. The Balaban J connectivity index is 0.00000420. The van der Waals surface area contributed by atoms with Gasteiger partial charge in [-0.05, 0) is 38.8 Å². The lowest BCUT2D eigenvalue weighted by Gasteiger charge is -2.39. The van der Waals surface area contributed by atoms with Crippen LogP contribution in [0.3, 0.4) is 0 Å². The number of sulfone groups is 1. The van der Waals surface area contributed by atoms with Gasteiger partial charge in [0, 0.05) is 36.8 Å². The van der Waals surface area contributed by atoms with Crippen LogP contribution in [0.5, 0.6) is 5.75 Å². The van der Waals surface area contributed by atoms with Crippen LogP contribution in [0.15, 0.2) is 34.2 Å². The summed E-state index contributed by atoms with van der Waals surface area (Å²) in [5.74, 6) is 3.19. The molecule has 1 atom stereocenters. The van der Waals surface area contributed by atoms with Gasteiger partial charge in [-0.15, -0.1) is 35.7 Å². The molecule has 9 heteroatoms. The highest BCUT2D eigenvalue weighted by Crippen LogP contribution is 2.30. The number of halogens is 1. The molecule has 0 aromatic heterocycles. The minimum atomic E-state index is -3.06. The van der Waals surface area contributed by atoms with Crippen molar-refractivity contribution in [2.45, 2.75) is 37.3 Å². The normalized spacial score (nSPS) is 19.2. The number of thioether (sulfide) groups is 1. The highest BCUT2D eigenvalue weighted by atomic mass is 127. The molecule has 1 aromatic carbocycles. The third-order valence-electron chi connectivity index (χ3n) is 4.82. The van der Waals surface area contributed by atoms with Crippen LogP contribution in [0.2, 0.25) is 0 Å². The lowest BCUT2D eigenvalue weighted by atomic mass is 10.2. The first-order chi connectivity index (χ1) is 13.2. The molecule has 2 rings (SSSR count).